The third-order valence-electron chi connectivity index (χ3n) is 10.3. The van der Waals surface area contributed by atoms with Crippen molar-refractivity contribution in [3.8, 4) is 22.3 Å². The van der Waals surface area contributed by atoms with E-state index in [9.17, 15) is 0 Å². The topological polar surface area (TPSA) is 16.4 Å². The fourth-order valence-corrected chi connectivity index (χ4v) is 10.2. The summed E-state index contributed by atoms with van der Waals surface area (Å²) in [6.07, 6.45) is 0. The first kappa shape index (κ1) is 29.5. The second-order valence-corrected chi connectivity index (χ2v) is 15.4. The summed E-state index contributed by atoms with van der Waals surface area (Å²) in [7, 11) is 0. The number of thiophene rings is 2. The highest BCUT2D eigenvalue weighted by Gasteiger charge is 2.23. The number of rotatable bonds is 5. The predicted molar refractivity (Wildman–Crippen MR) is 225 cm³/mol. The van der Waals surface area contributed by atoms with E-state index in [2.05, 4.69) is 181 Å². The van der Waals surface area contributed by atoms with Gasteiger partial charge in [0.1, 0.15) is 11.2 Å². The Morgan fingerprint density at radius 2 is 1.02 bits per heavy atom. The maximum atomic E-state index is 6.89. The SMILES string of the molecule is c1ccc(N(c2ccc3sc4ccccc4c3c2)c2ccc(-c3ccccc3-c3ccc4c(c3)sc3ccccc34)c3oc4ccccc4c23)cc1. The largest absolute Gasteiger partial charge is 0.455 e. The molecule has 11 aromatic rings. The number of hydrogen-bond donors (Lipinski definition) is 0. The molecule has 0 bridgehead atoms. The number of fused-ring (bicyclic) bond motifs is 9. The normalized spacial score (nSPS) is 11.8. The van der Waals surface area contributed by atoms with Gasteiger partial charge in [0.2, 0.25) is 0 Å². The number of nitrogens with zero attached hydrogens (tertiary/aromatic N) is 1. The molecule has 2 nitrogen and oxygen atoms in total. The summed E-state index contributed by atoms with van der Waals surface area (Å²) < 4.78 is 12.1. The zero-order valence-corrected chi connectivity index (χ0v) is 29.5. The Hall–Kier alpha value is -6.20. The molecule has 3 heterocycles. The second kappa shape index (κ2) is 11.7. The first-order chi connectivity index (χ1) is 25.8. The highest BCUT2D eigenvalue weighted by atomic mass is 32.1. The minimum absolute atomic E-state index is 0.877. The Morgan fingerprint density at radius 3 is 1.85 bits per heavy atom. The summed E-state index contributed by atoms with van der Waals surface area (Å²) in [5.41, 5.74) is 9.66. The summed E-state index contributed by atoms with van der Waals surface area (Å²) in [5.74, 6) is 0. The van der Waals surface area contributed by atoms with E-state index in [-0.39, 0.29) is 0 Å². The second-order valence-electron chi connectivity index (χ2n) is 13.2. The molecule has 4 heteroatoms. The number of anilines is 3. The van der Waals surface area contributed by atoms with Crippen LogP contribution in [0.3, 0.4) is 0 Å². The fourth-order valence-electron chi connectivity index (χ4n) is 7.93. The highest BCUT2D eigenvalue weighted by Crippen LogP contribution is 2.48. The maximum absolute atomic E-state index is 6.89. The Balaban J connectivity index is 1.15. The smallest absolute Gasteiger partial charge is 0.145 e. The average Bonchev–Trinajstić information content (AvgIpc) is 3.90. The van der Waals surface area contributed by atoms with E-state index in [0.29, 0.717) is 0 Å². The summed E-state index contributed by atoms with van der Waals surface area (Å²) in [6.45, 7) is 0. The monoisotopic (exact) mass is 699 g/mol. The molecule has 0 aliphatic rings. The van der Waals surface area contributed by atoms with Crippen LogP contribution in [0, 0.1) is 0 Å². The van der Waals surface area contributed by atoms with Crippen molar-refractivity contribution in [3.05, 3.63) is 176 Å². The molecule has 0 aliphatic carbocycles. The van der Waals surface area contributed by atoms with E-state index in [1.807, 2.05) is 22.7 Å². The maximum Gasteiger partial charge on any atom is 0.145 e. The van der Waals surface area contributed by atoms with E-state index in [4.69, 9.17) is 4.42 Å². The molecule has 0 spiro atoms. The van der Waals surface area contributed by atoms with E-state index in [0.717, 1.165) is 50.1 Å². The lowest BCUT2D eigenvalue weighted by molar-refractivity contribution is 0.670. The third kappa shape index (κ3) is 4.55. The van der Waals surface area contributed by atoms with Crippen molar-refractivity contribution < 1.29 is 4.42 Å². The molecule has 0 N–H and O–H groups in total. The van der Waals surface area contributed by atoms with Crippen LogP contribution >= 0.6 is 22.7 Å². The standard InChI is InChI=1S/C48H29NOS2/c1-2-12-31(13-3-1)49(32-23-27-45-40(29-32)36-17-8-11-21-44(36)51-45)41-26-25-38(48-47(41)39-18-6-9-19-42(39)50-48)34-15-5-4-14-33(34)30-22-24-37-35-16-7-10-20-43(35)52-46(37)28-30/h1-29H. The van der Waals surface area contributed by atoms with Gasteiger partial charge in [0.25, 0.3) is 0 Å². The van der Waals surface area contributed by atoms with Gasteiger partial charge in [0.05, 0.1) is 11.1 Å². The van der Waals surface area contributed by atoms with Crippen LogP contribution in [0.2, 0.25) is 0 Å². The van der Waals surface area contributed by atoms with Crippen molar-refractivity contribution in [2.24, 2.45) is 0 Å². The van der Waals surface area contributed by atoms with Crippen LogP contribution in [0.15, 0.2) is 180 Å². The lowest BCUT2D eigenvalue weighted by Gasteiger charge is -2.27. The summed E-state index contributed by atoms with van der Waals surface area (Å²) in [4.78, 5) is 2.39. The first-order valence-corrected chi connectivity index (χ1v) is 19.1. The van der Waals surface area contributed by atoms with Crippen LogP contribution in [0.4, 0.5) is 17.1 Å². The van der Waals surface area contributed by atoms with E-state index < -0.39 is 0 Å². The Labute approximate surface area is 308 Å². The molecule has 0 aliphatic heterocycles. The molecular formula is C48H29NOS2. The number of hydrogen-bond acceptors (Lipinski definition) is 4. The lowest BCUT2D eigenvalue weighted by atomic mass is 9.92. The molecule has 0 radical (unpaired) electrons. The van der Waals surface area contributed by atoms with E-state index >= 15 is 0 Å². The molecule has 0 saturated carbocycles. The molecule has 0 atom stereocenters. The van der Waals surface area contributed by atoms with Crippen LogP contribution in [0.1, 0.15) is 0 Å². The molecule has 11 rings (SSSR count). The molecule has 3 aromatic heterocycles. The molecular weight excluding hydrogens is 671 g/mol. The Kier molecular flexibility index (Phi) is 6.63. The van der Waals surface area contributed by atoms with Crippen molar-refractivity contribution >= 4 is 102 Å². The Morgan fingerprint density at radius 1 is 0.385 bits per heavy atom. The number of furan rings is 1. The predicted octanol–water partition coefficient (Wildman–Crippen LogP) is 15.1. The van der Waals surface area contributed by atoms with Crippen molar-refractivity contribution in [1.29, 1.82) is 0 Å². The Bertz CT molecular complexity index is 3150. The van der Waals surface area contributed by atoms with Gasteiger partial charge < -0.3 is 9.32 Å². The van der Waals surface area contributed by atoms with Crippen LogP contribution < -0.4 is 4.90 Å². The number of para-hydroxylation sites is 2. The molecule has 8 aromatic carbocycles. The first-order valence-electron chi connectivity index (χ1n) is 17.5. The van der Waals surface area contributed by atoms with Gasteiger partial charge in [0, 0.05) is 62.7 Å². The molecule has 0 amide bonds. The van der Waals surface area contributed by atoms with Crippen LogP contribution in [-0.4, -0.2) is 0 Å². The van der Waals surface area contributed by atoms with Gasteiger partial charge in [-0.05, 0) is 83.4 Å². The van der Waals surface area contributed by atoms with Crippen molar-refractivity contribution in [2.75, 3.05) is 4.90 Å². The molecule has 0 fully saturated rings. The van der Waals surface area contributed by atoms with E-state index in [1.165, 1.54) is 51.5 Å². The van der Waals surface area contributed by atoms with Gasteiger partial charge in [-0.1, -0.05) is 109 Å². The van der Waals surface area contributed by atoms with Gasteiger partial charge in [-0.3, -0.25) is 0 Å². The van der Waals surface area contributed by atoms with Crippen LogP contribution in [-0.2, 0) is 0 Å². The van der Waals surface area contributed by atoms with Gasteiger partial charge in [0.15, 0.2) is 0 Å². The molecule has 0 saturated heterocycles. The minimum Gasteiger partial charge on any atom is -0.455 e. The van der Waals surface area contributed by atoms with Gasteiger partial charge >= 0.3 is 0 Å². The quantitative estimate of drug-likeness (QED) is 0.178. The van der Waals surface area contributed by atoms with Crippen molar-refractivity contribution in [3.63, 3.8) is 0 Å². The summed E-state index contributed by atoms with van der Waals surface area (Å²) >= 11 is 3.70. The van der Waals surface area contributed by atoms with Gasteiger partial charge in [-0.25, -0.2) is 0 Å². The summed E-state index contributed by atoms with van der Waals surface area (Å²) in [6, 6.07) is 63.6. The zero-order chi connectivity index (χ0) is 34.2. The fraction of sp³-hybridized carbons (Fsp3) is 0. The van der Waals surface area contributed by atoms with Crippen LogP contribution in [0.25, 0.3) is 84.5 Å². The van der Waals surface area contributed by atoms with Gasteiger partial charge in [-0.2, -0.15) is 0 Å². The minimum atomic E-state index is 0.877. The van der Waals surface area contributed by atoms with Crippen molar-refractivity contribution in [1.82, 2.24) is 0 Å². The number of benzene rings is 8. The highest BCUT2D eigenvalue weighted by molar-refractivity contribution is 7.26. The van der Waals surface area contributed by atoms with Crippen LogP contribution in [0.5, 0.6) is 0 Å². The molecule has 244 valence electrons. The van der Waals surface area contributed by atoms with Crippen molar-refractivity contribution in [2.45, 2.75) is 0 Å². The molecule has 0 unspecified atom stereocenters. The van der Waals surface area contributed by atoms with Gasteiger partial charge in [-0.15, -0.1) is 22.7 Å². The lowest BCUT2D eigenvalue weighted by Crippen LogP contribution is -2.10. The average molecular weight is 700 g/mol. The zero-order valence-electron chi connectivity index (χ0n) is 27.9. The molecule has 52 heavy (non-hydrogen) atoms. The third-order valence-corrected chi connectivity index (χ3v) is 12.6. The van der Waals surface area contributed by atoms with E-state index in [1.54, 1.807) is 0 Å². The summed E-state index contributed by atoms with van der Waals surface area (Å²) in [5, 5.41) is 7.38.